The van der Waals surface area contributed by atoms with Crippen molar-refractivity contribution in [3.8, 4) is 6.01 Å². The third kappa shape index (κ3) is 17.0. The molecule has 1 fully saturated rings. The molecule has 0 amide bonds. The molecule has 1 saturated heterocycles. The molecule has 0 bridgehead atoms. The zero-order valence-electron chi connectivity index (χ0n) is 26.1. The molecule has 2 atom stereocenters. The van der Waals surface area contributed by atoms with E-state index in [1.165, 1.54) is 57.8 Å². The second-order valence-electron chi connectivity index (χ2n) is 11.6. The second-order valence-corrected chi connectivity index (χ2v) is 13.4. The van der Waals surface area contributed by atoms with E-state index in [0.717, 1.165) is 64.8 Å². The van der Waals surface area contributed by atoms with E-state index in [9.17, 15) is 4.79 Å². The van der Waals surface area contributed by atoms with Gasteiger partial charge in [0.2, 0.25) is 0 Å². The monoisotopic (exact) mass is 611 g/mol. The number of thiol groups is 1. The number of unbranched alkanes of at least 4 members (excludes halogenated alkanes) is 9. The van der Waals surface area contributed by atoms with Gasteiger partial charge in [-0.3, -0.25) is 9.69 Å². The predicted molar refractivity (Wildman–Crippen MR) is 173 cm³/mol. The van der Waals surface area contributed by atoms with Gasteiger partial charge in [-0.2, -0.15) is 22.6 Å². The molecule has 0 saturated carbocycles. The van der Waals surface area contributed by atoms with E-state index in [1.807, 2.05) is 0 Å². The van der Waals surface area contributed by atoms with Crippen molar-refractivity contribution in [3.63, 3.8) is 0 Å². The first kappa shape index (κ1) is 36.1. The Bertz CT molecular complexity index is 827. The number of ether oxygens (including phenoxy) is 1. The van der Waals surface area contributed by atoms with Crippen LogP contribution in [0.3, 0.4) is 0 Å². The van der Waals surface area contributed by atoms with Crippen LogP contribution in [0.1, 0.15) is 128 Å². The highest BCUT2D eigenvalue weighted by atomic mass is 32.2. The molecule has 10 heteroatoms. The molecule has 236 valence electrons. The quantitative estimate of drug-likeness (QED) is 0.0710. The molecular formula is C31H57N5O3S2. The predicted octanol–water partition coefficient (Wildman–Crippen LogP) is 7.30. The average Bonchev–Trinajstić information content (AvgIpc) is 2.95. The van der Waals surface area contributed by atoms with Gasteiger partial charge < -0.3 is 14.7 Å². The molecule has 0 aromatic carbocycles. The van der Waals surface area contributed by atoms with E-state index in [0.29, 0.717) is 35.3 Å². The van der Waals surface area contributed by atoms with Gasteiger partial charge in [-0.15, -0.1) is 0 Å². The van der Waals surface area contributed by atoms with Crippen molar-refractivity contribution in [2.75, 3.05) is 46.4 Å². The van der Waals surface area contributed by atoms with Gasteiger partial charge in [-0.1, -0.05) is 96.2 Å². The molecule has 0 spiro atoms. The van der Waals surface area contributed by atoms with Crippen molar-refractivity contribution in [3.05, 3.63) is 5.82 Å². The number of carboxylic acid groups (broad SMARTS) is 1. The molecule has 0 aliphatic carbocycles. The van der Waals surface area contributed by atoms with E-state index in [1.54, 1.807) is 11.8 Å². The first-order valence-electron chi connectivity index (χ1n) is 16.3. The van der Waals surface area contributed by atoms with Crippen LogP contribution in [-0.4, -0.2) is 87.5 Å². The van der Waals surface area contributed by atoms with Crippen LogP contribution >= 0.6 is 24.4 Å². The number of rotatable bonds is 24. The van der Waals surface area contributed by atoms with E-state index in [4.69, 9.17) is 37.4 Å². The Kier molecular flexibility index (Phi) is 19.8. The van der Waals surface area contributed by atoms with Crippen LogP contribution in [0.25, 0.3) is 0 Å². The lowest BCUT2D eigenvalue weighted by molar-refractivity contribution is -0.137. The standard InChI is InChI=1S/C31H57N5O3S2/c1-4-6-8-10-11-12-16-26(17-14-15-19-28(37)38)41-31-33-29(27(40)18-13-9-7-5-2)32-30(34-31)39-25-24-36-22-20-35(3)21-23-36/h26-27,40H,4-25H2,1-3H3,(H,37,38). The number of thioether (sulfide) groups is 1. The Morgan fingerprint density at radius 2 is 1.49 bits per heavy atom. The Morgan fingerprint density at radius 3 is 2.17 bits per heavy atom. The Labute approximate surface area is 259 Å². The number of piperazine rings is 1. The number of carbonyl (C=O) groups is 1. The molecule has 1 aliphatic heterocycles. The highest BCUT2D eigenvalue weighted by Crippen LogP contribution is 2.32. The SMILES string of the molecule is CCCCCCCCC(CCCCC(=O)O)Sc1nc(OCCN2CCN(C)CC2)nc(C(S)CCCCCC)n1. The van der Waals surface area contributed by atoms with Crippen molar-refractivity contribution in [2.24, 2.45) is 0 Å². The van der Waals surface area contributed by atoms with Crippen LogP contribution in [0.5, 0.6) is 6.01 Å². The first-order valence-corrected chi connectivity index (χ1v) is 17.7. The number of likely N-dealkylation sites (N-methyl/N-ethyl adjacent to an activating group) is 1. The molecule has 1 aromatic heterocycles. The molecule has 1 N–H and O–H groups in total. The highest BCUT2D eigenvalue weighted by Gasteiger charge is 2.19. The van der Waals surface area contributed by atoms with Crippen LogP contribution < -0.4 is 4.74 Å². The summed E-state index contributed by atoms with van der Waals surface area (Å²) in [5, 5.41) is 10.1. The summed E-state index contributed by atoms with van der Waals surface area (Å²) >= 11 is 6.60. The maximum Gasteiger partial charge on any atom is 0.320 e. The lowest BCUT2D eigenvalue weighted by atomic mass is 10.0. The summed E-state index contributed by atoms with van der Waals surface area (Å²) in [5.74, 6) is -0.00881. The normalized spacial score (nSPS) is 16.1. The van der Waals surface area contributed by atoms with Gasteiger partial charge in [-0.25, -0.2) is 4.98 Å². The lowest BCUT2D eigenvalue weighted by Gasteiger charge is -2.32. The number of aliphatic carboxylic acids is 1. The molecule has 8 nitrogen and oxygen atoms in total. The van der Waals surface area contributed by atoms with Gasteiger partial charge in [0, 0.05) is 44.4 Å². The first-order chi connectivity index (χ1) is 19.9. The van der Waals surface area contributed by atoms with Gasteiger partial charge in [0.15, 0.2) is 5.16 Å². The summed E-state index contributed by atoms with van der Waals surface area (Å²) in [6, 6.07) is 0.406. The third-order valence-electron chi connectivity index (χ3n) is 7.79. The zero-order valence-corrected chi connectivity index (χ0v) is 27.8. The largest absolute Gasteiger partial charge is 0.481 e. The Balaban J connectivity index is 2.06. The number of hydrogen-bond acceptors (Lipinski definition) is 9. The molecule has 1 aromatic rings. The molecule has 1 aliphatic rings. The fourth-order valence-corrected chi connectivity index (χ4v) is 6.50. The summed E-state index contributed by atoms with van der Waals surface area (Å²) in [4.78, 5) is 30.1. The van der Waals surface area contributed by atoms with Crippen molar-refractivity contribution in [1.82, 2.24) is 24.8 Å². The third-order valence-corrected chi connectivity index (χ3v) is 9.48. The minimum Gasteiger partial charge on any atom is -0.481 e. The molecular weight excluding hydrogens is 555 g/mol. The fourth-order valence-electron chi connectivity index (χ4n) is 5.06. The average molecular weight is 612 g/mol. The summed E-state index contributed by atoms with van der Waals surface area (Å²) in [5.41, 5.74) is 0. The number of hydrogen-bond donors (Lipinski definition) is 2. The number of aromatic nitrogens is 3. The van der Waals surface area contributed by atoms with Gasteiger partial charge in [0.05, 0.1) is 5.25 Å². The van der Waals surface area contributed by atoms with Crippen molar-refractivity contribution in [2.45, 2.75) is 132 Å². The molecule has 2 heterocycles. The van der Waals surface area contributed by atoms with Gasteiger partial charge in [-0.05, 0) is 32.7 Å². The smallest absolute Gasteiger partial charge is 0.320 e. The van der Waals surface area contributed by atoms with Crippen LogP contribution in [0.2, 0.25) is 0 Å². The summed E-state index contributed by atoms with van der Waals surface area (Å²) < 4.78 is 6.12. The van der Waals surface area contributed by atoms with Crippen LogP contribution in [0, 0.1) is 0 Å². The summed E-state index contributed by atoms with van der Waals surface area (Å²) in [6.07, 6.45) is 17.2. The molecule has 2 unspecified atom stereocenters. The maximum atomic E-state index is 11.0. The topological polar surface area (TPSA) is 91.7 Å². The molecule has 41 heavy (non-hydrogen) atoms. The second kappa shape index (κ2) is 22.4. The van der Waals surface area contributed by atoms with E-state index in [2.05, 4.69) is 30.7 Å². The minimum atomic E-state index is -0.718. The van der Waals surface area contributed by atoms with Crippen LogP contribution in [0.4, 0.5) is 0 Å². The fraction of sp³-hybridized carbons (Fsp3) is 0.871. The van der Waals surface area contributed by atoms with E-state index < -0.39 is 5.97 Å². The van der Waals surface area contributed by atoms with E-state index in [-0.39, 0.29) is 11.7 Å². The molecule has 2 rings (SSSR count). The van der Waals surface area contributed by atoms with Crippen LogP contribution in [0.15, 0.2) is 5.16 Å². The Hall–Kier alpha value is -1.10. The zero-order chi connectivity index (χ0) is 29.7. The van der Waals surface area contributed by atoms with Crippen molar-refractivity contribution >= 4 is 30.4 Å². The summed E-state index contributed by atoms with van der Waals surface area (Å²) in [6.45, 7) is 10.2. The summed E-state index contributed by atoms with van der Waals surface area (Å²) in [7, 11) is 2.17. The lowest BCUT2D eigenvalue weighted by Crippen LogP contribution is -2.45. The Morgan fingerprint density at radius 1 is 0.878 bits per heavy atom. The van der Waals surface area contributed by atoms with Crippen LogP contribution in [-0.2, 0) is 4.79 Å². The van der Waals surface area contributed by atoms with Gasteiger partial charge in [0.25, 0.3) is 0 Å². The maximum absolute atomic E-state index is 11.0. The minimum absolute atomic E-state index is 0.0400. The van der Waals surface area contributed by atoms with Gasteiger partial charge >= 0.3 is 12.0 Å². The molecule has 0 radical (unpaired) electrons. The van der Waals surface area contributed by atoms with Crippen molar-refractivity contribution < 1.29 is 14.6 Å². The van der Waals surface area contributed by atoms with Crippen molar-refractivity contribution in [1.29, 1.82) is 0 Å². The number of carboxylic acids is 1. The highest BCUT2D eigenvalue weighted by molar-refractivity contribution is 7.99. The van der Waals surface area contributed by atoms with Gasteiger partial charge in [0.1, 0.15) is 12.4 Å². The number of nitrogens with zero attached hydrogens (tertiary/aromatic N) is 5. The van der Waals surface area contributed by atoms with E-state index >= 15 is 0 Å².